The number of nitrogens with zero attached hydrogens (tertiary/aromatic N) is 1. The van der Waals surface area contributed by atoms with Crippen LogP contribution in [0.3, 0.4) is 0 Å². The Labute approximate surface area is 97.6 Å². The number of amides is 1. The van der Waals surface area contributed by atoms with Gasteiger partial charge < -0.3 is 14.7 Å². The maximum absolute atomic E-state index is 11.7. The third-order valence-corrected chi connectivity index (χ3v) is 2.99. The normalized spacial score (nSPS) is 22.8. The minimum absolute atomic E-state index is 0.117. The average Bonchev–Trinajstić information content (AvgIpc) is 2.27. The van der Waals surface area contributed by atoms with Gasteiger partial charge >= 0.3 is 0 Å². The number of aliphatic hydroxyl groups excluding tert-OH is 1. The molecule has 4 heteroatoms. The molecule has 1 heterocycles. The number of hydrogen-bond acceptors (Lipinski definition) is 3. The number of carbonyl (C=O) groups excluding carboxylic acids is 1. The van der Waals surface area contributed by atoms with E-state index in [1.807, 2.05) is 7.05 Å². The number of carbonyl (C=O) groups is 1. The molecule has 0 aliphatic carbocycles. The first-order valence-corrected chi connectivity index (χ1v) is 6.09. The monoisotopic (exact) mass is 229 g/mol. The molecule has 1 amide bonds. The van der Waals surface area contributed by atoms with E-state index in [-0.39, 0.29) is 5.91 Å². The Hall–Kier alpha value is -0.610. The van der Waals surface area contributed by atoms with Crippen molar-refractivity contribution in [2.24, 2.45) is 5.92 Å². The molecular weight excluding hydrogens is 206 g/mol. The first kappa shape index (κ1) is 13.5. The van der Waals surface area contributed by atoms with Crippen molar-refractivity contribution in [1.29, 1.82) is 0 Å². The molecule has 4 nitrogen and oxygen atoms in total. The summed E-state index contributed by atoms with van der Waals surface area (Å²) in [6, 6.07) is 0. The second kappa shape index (κ2) is 6.86. The Morgan fingerprint density at radius 1 is 1.62 bits per heavy atom. The summed E-state index contributed by atoms with van der Waals surface area (Å²) in [5.41, 5.74) is 0. The van der Waals surface area contributed by atoms with Gasteiger partial charge in [-0.15, -0.1) is 0 Å². The quantitative estimate of drug-likeness (QED) is 0.766. The van der Waals surface area contributed by atoms with Gasteiger partial charge in [0.2, 0.25) is 5.91 Å². The zero-order chi connectivity index (χ0) is 12.0. The second-order valence-corrected chi connectivity index (χ2v) is 4.75. The van der Waals surface area contributed by atoms with Crippen LogP contribution in [0, 0.1) is 5.92 Å². The van der Waals surface area contributed by atoms with E-state index in [0.29, 0.717) is 18.8 Å². The third kappa shape index (κ3) is 4.94. The van der Waals surface area contributed by atoms with Crippen LogP contribution >= 0.6 is 0 Å². The maximum atomic E-state index is 11.7. The highest BCUT2D eigenvalue weighted by molar-refractivity contribution is 5.75. The molecule has 1 saturated heterocycles. The van der Waals surface area contributed by atoms with Crippen LogP contribution in [0.5, 0.6) is 0 Å². The lowest BCUT2D eigenvalue weighted by atomic mass is 10.0. The molecule has 2 unspecified atom stereocenters. The first-order valence-electron chi connectivity index (χ1n) is 6.09. The average molecular weight is 229 g/mol. The van der Waals surface area contributed by atoms with E-state index in [0.717, 1.165) is 32.6 Å². The Morgan fingerprint density at radius 3 is 2.94 bits per heavy atom. The van der Waals surface area contributed by atoms with E-state index in [9.17, 15) is 4.79 Å². The minimum atomic E-state index is -0.393. The fraction of sp³-hybridized carbons (Fsp3) is 0.917. The molecule has 0 spiro atoms. The van der Waals surface area contributed by atoms with Gasteiger partial charge in [0.25, 0.3) is 0 Å². The van der Waals surface area contributed by atoms with E-state index < -0.39 is 6.10 Å². The summed E-state index contributed by atoms with van der Waals surface area (Å²) in [4.78, 5) is 13.5. The molecule has 16 heavy (non-hydrogen) atoms. The fourth-order valence-corrected chi connectivity index (χ4v) is 1.96. The molecule has 1 rings (SSSR count). The van der Waals surface area contributed by atoms with E-state index in [4.69, 9.17) is 9.84 Å². The smallest absolute Gasteiger partial charge is 0.222 e. The molecule has 0 aromatic carbocycles. The summed E-state index contributed by atoms with van der Waals surface area (Å²) in [7, 11) is 1.83. The molecule has 1 aliphatic rings. The van der Waals surface area contributed by atoms with Gasteiger partial charge in [-0.3, -0.25) is 4.79 Å². The standard InChI is InChI=1S/C12H23NO3/c1-10(14)5-6-12(15)13(2)8-11-4-3-7-16-9-11/h10-11,14H,3-9H2,1-2H3. The minimum Gasteiger partial charge on any atom is -0.393 e. The van der Waals surface area contributed by atoms with Crippen LogP contribution < -0.4 is 0 Å². The van der Waals surface area contributed by atoms with Crippen molar-refractivity contribution in [2.75, 3.05) is 26.8 Å². The maximum Gasteiger partial charge on any atom is 0.222 e. The summed E-state index contributed by atoms with van der Waals surface area (Å²) in [5.74, 6) is 0.598. The number of rotatable bonds is 5. The molecule has 94 valence electrons. The summed E-state index contributed by atoms with van der Waals surface area (Å²) >= 11 is 0. The molecule has 0 radical (unpaired) electrons. The van der Waals surface area contributed by atoms with Crippen LogP contribution in [-0.4, -0.2) is 48.8 Å². The lowest BCUT2D eigenvalue weighted by Gasteiger charge is -2.27. The van der Waals surface area contributed by atoms with Crippen molar-refractivity contribution >= 4 is 5.91 Å². The Kier molecular flexibility index (Phi) is 5.77. The van der Waals surface area contributed by atoms with E-state index in [1.165, 1.54) is 0 Å². The van der Waals surface area contributed by atoms with E-state index in [1.54, 1.807) is 11.8 Å². The Bertz CT molecular complexity index is 212. The van der Waals surface area contributed by atoms with Gasteiger partial charge in [0, 0.05) is 26.6 Å². The van der Waals surface area contributed by atoms with Gasteiger partial charge in [0.05, 0.1) is 12.7 Å². The van der Waals surface area contributed by atoms with Crippen LogP contribution in [0.25, 0.3) is 0 Å². The van der Waals surface area contributed by atoms with Crippen molar-refractivity contribution in [1.82, 2.24) is 4.90 Å². The SMILES string of the molecule is CC(O)CCC(=O)N(C)CC1CCCOC1. The highest BCUT2D eigenvalue weighted by atomic mass is 16.5. The summed E-state index contributed by atoms with van der Waals surface area (Å²) in [6.07, 6.45) is 2.83. The highest BCUT2D eigenvalue weighted by Gasteiger charge is 2.18. The predicted molar refractivity (Wildman–Crippen MR) is 62.1 cm³/mol. The van der Waals surface area contributed by atoms with Crippen molar-refractivity contribution in [3.8, 4) is 0 Å². The van der Waals surface area contributed by atoms with Gasteiger partial charge in [-0.05, 0) is 32.1 Å². The van der Waals surface area contributed by atoms with Crippen LogP contribution in [0.15, 0.2) is 0 Å². The molecule has 0 saturated carbocycles. The number of ether oxygens (including phenoxy) is 1. The predicted octanol–water partition coefficient (Wildman–Crippen LogP) is 1.03. The van der Waals surface area contributed by atoms with Gasteiger partial charge in [-0.1, -0.05) is 0 Å². The van der Waals surface area contributed by atoms with Gasteiger partial charge in [0.1, 0.15) is 0 Å². The summed E-state index contributed by atoms with van der Waals surface area (Å²) in [5, 5.41) is 9.11. The summed E-state index contributed by atoms with van der Waals surface area (Å²) in [6.45, 7) is 4.12. The second-order valence-electron chi connectivity index (χ2n) is 4.75. The number of hydrogen-bond donors (Lipinski definition) is 1. The number of aliphatic hydroxyl groups is 1. The van der Waals surface area contributed by atoms with Crippen LogP contribution in [0.4, 0.5) is 0 Å². The molecule has 1 N–H and O–H groups in total. The van der Waals surface area contributed by atoms with E-state index >= 15 is 0 Å². The van der Waals surface area contributed by atoms with E-state index in [2.05, 4.69) is 0 Å². The van der Waals surface area contributed by atoms with Crippen molar-refractivity contribution in [3.63, 3.8) is 0 Å². The zero-order valence-electron chi connectivity index (χ0n) is 10.3. The summed E-state index contributed by atoms with van der Waals surface area (Å²) < 4.78 is 5.38. The highest BCUT2D eigenvalue weighted by Crippen LogP contribution is 2.15. The van der Waals surface area contributed by atoms with Crippen LogP contribution in [0.1, 0.15) is 32.6 Å². The lowest BCUT2D eigenvalue weighted by Crippen LogP contribution is -2.35. The van der Waals surface area contributed by atoms with Crippen molar-refractivity contribution < 1.29 is 14.6 Å². The van der Waals surface area contributed by atoms with Crippen molar-refractivity contribution in [2.45, 2.75) is 38.7 Å². The third-order valence-electron chi connectivity index (χ3n) is 2.99. The first-order chi connectivity index (χ1) is 7.59. The molecule has 1 fully saturated rings. The topological polar surface area (TPSA) is 49.8 Å². The molecule has 1 aliphatic heterocycles. The Morgan fingerprint density at radius 2 is 2.38 bits per heavy atom. The van der Waals surface area contributed by atoms with Crippen LogP contribution in [0.2, 0.25) is 0 Å². The van der Waals surface area contributed by atoms with Gasteiger partial charge in [0.15, 0.2) is 0 Å². The molecule has 0 aromatic rings. The molecule has 2 atom stereocenters. The fourth-order valence-electron chi connectivity index (χ4n) is 1.96. The van der Waals surface area contributed by atoms with Crippen LogP contribution in [-0.2, 0) is 9.53 Å². The molecule has 0 bridgehead atoms. The van der Waals surface area contributed by atoms with Crippen molar-refractivity contribution in [3.05, 3.63) is 0 Å². The van der Waals surface area contributed by atoms with Gasteiger partial charge in [-0.25, -0.2) is 0 Å². The zero-order valence-corrected chi connectivity index (χ0v) is 10.3. The molecular formula is C12H23NO3. The van der Waals surface area contributed by atoms with Gasteiger partial charge in [-0.2, -0.15) is 0 Å². The lowest BCUT2D eigenvalue weighted by molar-refractivity contribution is -0.131. The Balaban J connectivity index is 2.21. The molecule has 0 aromatic heterocycles. The largest absolute Gasteiger partial charge is 0.393 e.